The van der Waals surface area contributed by atoms with Gasteiger partial charge in [0.25, 0.3) is 0 Å². The Kier molecular flexibility index (Phi) is 8.12. The van der Waals surface area contributed by atoms with Gasteiger partial charge in [0.1, 0.15) is 5.75 Å². The van der Waals surface area contributed by atoms with Crippen molar-refractivity contribution >= 4 is 0 Å². The SMILES string of the molecule is CCCCCCCCNCc1cccc(Oc2ncccn2)c1. The third-order valence-corrected chi connectivity index (χ3v) is 3.69. The molecule has 0 amide bonds. The van der Waals surface area contributed by atoms with E-state index in [0.29, 0.717) is 6.01 Å². The molecule has 23 heavy (non-hydrogen) atoms. The molecule has 124 valence electrons. The average molecular weight is 313 g/mol. The maximum absolute atomic E-state index is 5.65. The molecule has 2 rings (SSSR count). The number of hydrogen-bond acceptors (Lipinski definition) is 4. The van der Waals surface area contributed by atoms with E-state index in [1.807, 2.05) is 18.2 Å². The first-order valence-corrected chi connectivity index (χ1v) is 8.63. The van der Waals surface area contributed by atoms with Crippen molar-refractivity contribution < 1.29 is 4.74 Å². The summed E-state index contributed by atoms with van der Waals surface area (Å²) in [6.07, 6.45) is 11.3. The molecule has 0 aliphatic rings. The average Bonchev–Trinajstić information content (AvgIpc) is 2.58. The molecule has 1 aromatic carbocycles. The highest BCUT2D eigenvalue weighted by Crippen LogP contribution is 2.18. The first kappa shape index (κ1) is 17.4. The lowest BCUT2D eigenvalue weighted by atomic mass is 10.1. The van der Waals surface area contributed by atoms with Gasteiger partial charge < -0.3 is 10.1 Å². The molecule has 0 spiro atoms. The van der Waals surface area contributed by atoms with Crippen LogP contribution >= 0.6 is 0 Å². The summed E-state index contributed by atoms with van der Waals surface area (Å²) < 4.78 is 5.65. The van der Waals surface area contributed by atoms with Crippen LogP contribution in [-0.4, -0.2) is 16.5 Å². The Balaban J connectivity index is 1.67. The van der Waals surface area contributed by atoms with Gasteiger partial charge in [-0.1, -0.05) is 51.2 Å². The van der Waals surface area contributed by atoms with Crippen LogP contribution in [0.4, 0.5) is 0 Å². The molecule has 4 heteroatoms. The fourth-order valence-corrected chi connectivity index (χ4v) is 2.43. The molecule has 2 aromatic rings. The number of hydrogen-bond donors (Lipinski definition) is 1. The molecule has 0 bridgehead atoms. The van der Waals surface area contributed by atoms with Gasteiger partial charge in [0, 0.05) is 18.9 Å². The van der Waals surface area contributed by atoms with E-state index < -0.39 is 0 Å². The second-order valence-electron chi connectivity index (χ2n) is 5.73. The van der Waals surface area contributed by atoms with Gasteiger partial charge in [0.15, 0.2) is 0 Å². The Labute approximate surface area is 139 Å². The van der Waals surface area contributed by atoms with Crippen LogP contribution < -0.4 is 10.1 Å². The minimum absolute atomic E-state index is 0.379. The van der Waals surface area contributed by atoms with Crippen molar-refractivity contribution in [2.45, 2.75) is 52.0 Å². The molecule has 0 unspecified atom stereocenters. The minimum atomic E-state index is 0.379. The van der Waals surface area contributed by atoms with Crippen LogP contribution in [0.3, 0.4) is 0 Å². The Morgan fingerprint density at radius 2 is 1.74 bits per heavy atom. The predicted octanol–water partition coefficient (Wildman–Crippen LogP) is 4.72. The van der Waals surface area contributed by atoms with Crippen LogP contribution in [0.1, 0.15) is 51.0 Å². The van der Waals surface area contributed by atoms with E-state index in [1.54, 1.807) is 18.5 Å². The van der Waals surface area contributed by atoms with Crippen LogP contribution in [0, 0.1) is 0 Å². The Morgan fingerprint density at radius 1 is 0.957 bits per heavy atom. The standard InChI is InChI=1S/C19H27N3O/c1-2-3-4-5-6-7-12-20-16-17-10-8-11-18(15-17)23-19-21-13-9-14-22-19/h8-11,13-15,20H,2-7,12,16H2,1H3. The Hall–Kier alpha value is -1.94. The first-order chi connectivity index (χ1) is 11.4. The lowest BCUT2D eigenvalue weighted by Crippen LogP contribution is -2.14. The number of rotatable bonds is 11. The van der Waals surface area contributed by atoms with Gasteiger partial charge in [-0.25, -0.2) is 9.97 Å². The summed E-state index contributed by atoms with van der Waals surface area (Å²) in [5.74, 6) is 0.773. The molecular formula is C19H27N3O. The molecule has 0 atom stereocenters. The van der Waals surface area contributed by atoms with Crippen LogP contribution in [0.2, 0.25) is 0 Å². The normalized spacial score (nSPS) is 10.7. The van der Waals surface area contributed by atoms with E-state index in [0.717, 1.165) is 18.8 Å². The molecule has 1 heterocycles. The Morgan fingerprint density at radius 3 is 2.57 bits per heavy atom. The summed E-state index contributed by atoms with van der Waals surface area (Å²) in [7, 11) is 0. The fourth-order valence-electron chi connectivity index (χ4n) is 2.43. The summed E-state index contributed by atoms with van der Waals surface area (Å²) in [5.41, 5.74) is 1.21. The molecule has 0 fully saturated rings. The molecule has 0 saturated heterocycles. The van der Waals surface area contributed by atoms with Crippen molar-refractivity contribution in [1.82, 2.24) is 15.3 Å². The number of unbranched alkanes of at least 4 members (excludes halogenated alkanes) is 5. The van der Waals surface area contributed by atoms with Crippen molar-refractivity contribution in [2.75, 3.05) is 6.54 Å². The molecular weight excluding hydrogens is 286 g/mol. The third kappa shape index (κ3) is 7.24. The van der Waals surface area contributed by atoms with E-state index >= 15 is 0 Å². The highest BCUT2D eigenvalue weighted by molar-refractivity contribution is 5.30. The van der Waals surface area contributed by atoms with Gasteiger partial charge in [-0.3, -0.25) is 0 Å². The maximum atomic E-state index is 5.65. The van der Waals surface area contributed by atoms with E-state index in [-0.39, 0.29) is 0 Å². The quantitative estimate of drug-likeness (QED) is 0.610. The van der Waals surface area contributed by atoms with Gasteiger partial charge >= 0.3 is 6.01 Å². The van der Waals surface area contributed by atoms with Crippen molar-refractivity contribution in [1.29, 1.82) is 0 Å². The first-order valence-electron chi connectivity index (χ1n) is 8.63. The van der Waals surface area contributed by atoms with Gasteiger partial charge in [-0.15, -0.1) is 0 Å². The van der Waals surface area contributed by atoms with Gasteiger partial charge in [0.2, 0.25) is 0 Å². The summed E-state index contributed by atoms with van der Waals surface area (Å²) >= 11 is 0. The lowest BCUT2D eigenvalue weighted by Gasteiger charge is -2.07. The lowest BCUT2D eigenvalue weighted by molar-refractivity contribution is 0.441. The van der Waals surface area contributed by atoms with Crippen molar-refractivity contribution in [3.63, 3.8) is 0 Å². The predicted molar refractivity (Wildman–Crippen MR) is 93.6 cm³/mol. The third-order valence-electron chi connectivity index (χ3n) is 3.69. The molecule has 0 aliphatic heterocycles. The fraction of sp³-hybridized carbons (Fsp3) is 0.474. The van der Waals surface area contributed by atoms with Crippen LogP contribution in [0.5, 0.6) is 11.8 Å². The minimum Gasteiger partial charge on any atom is -0.424 e. The van der Waals surface area contributed by atoms with Crippen molar-refractivity contribution in [2.24, 2.45) is 0 Å². The highest BCUT2D eigenvalue weighted by Gasteiger charge is 2.00. The van der Waals surface area contributed by atoms with Crippen molar-refractivity contribution in [3.05, 3.63) is 48.3 Å². The molecule has 0 radical (unpaired) electrons. The molecule has 4 nitrogen and oxygen atoms in total. The molecule has 0 aliphatic carbocycles. The maximum Gasteiger partial charge on any atom is 0.321 e. The summed E-state index contributed by atoms with van der Waals surface area (Å²) in [6, 6.07) is 10.2. The van der Waals surface area contributed by atoms with E-state index in [1.165, 1.54) is 44.1 Å². The number of nitrogens with zero attached hydrogens (tertiary/aromatic N) is 2. The van der Waals surface area contributed by atoms with Crippen LogP contribution in [0.25, 0.3) is 0 Å². The van der Waals surface area contributed by atoms with Gasteiger partial charge in [0.05, 0.1) is 0 Å². The smallest absolute Gasteiger partial charge is 0.321 e. The zero-order valence-electron chi connectivity index (χ0n) is 14.0. The summed E-state index contributed by atoms with van der Waals surface area (Å²) in [4.78, 5) is 8.14. The zero-order valence-corrected chi connectivity index (χ0v) is 14.0. The number of nitrogens with one attached hydrogen (secondary N) is 1. The molecule has 1 N–H and O–H groups in total. The van der Waals surface area contributed by atoms with E-state index in [4.69, 9.17) is 4.74 Å². The molecule has 1 aromatic heterocycles. The monoisotopic (exact) mass is 313 g/mol. The second kappa shape index (κ2) is 10.7. The van der Waals surface area contributed by atoms with Gasteiger partial charge in [-0.2, -0.15) is 0 Å². The van der Waals surface area contributed by atoms with Crippen molar-refractivity contribution in [3.8, 4) is 11.8 Å². The summed E-state index contributed by atoms with van der Waals surface area (Å²) in [5, 5.41) is 3.50. The van der Waals surface area contributed by atoms with E-state index in [9.17, 15) is 0 Å². The number of ether oxygens (including phenoxy) is 1. The molecule has 0 saturated carbocycles. The second-order valence-corrected chi connectivity index (χ2v) is 5.73. The topological polar surface area (TPSA) is 47.0 Å². The van der Waals surface area contributed by atoms with E-state index in [2.05, 4.69) is 28.3 Å². The summed E-state index contributed by atoms with van der Waals surface area (Å²) in [6.45, 7) is 4.18. The zero-order chi connectivity index (χ0) is 16.2. The van der Waals surface area contributed by atoms with Crippen LogP contribution in [0.15, 0.2) is 42.7 Å². The van der Waals surface area contributed by atoms with Gasteiger partial charge in [-0.05, 0) is 36.7 Å². The van der Waals surface area contributed by atoms with Crippen LogP contribution in [-0.2, 0) is 6.54 Å². The Bertz CT molecular complexity index is 545. The number of benzene rings is 1. The largest absolute Gasteiger partial charge is 0.424 e. The highest BCUT2D eigenvalue weighted by atomic mass is 16.5. The number of aromatic nitrogens is 2.